The van der Waals surface area contributed by atoms with E-state index in [0.29, 0.717) is 6.04 Å². The summed E-state index contributed by atoms with van der Waals surface area (Å²) in [6.45, 7) is 8.78. The Morgan fingerprint density at radius 3 is 2.71 bits per heavy atom. The Bertz CT molecular complexity index is 387. The first kappa shape index (κ1) is 18.6. The van der Waals surface area contributed by atoms with Crippen LogP contribution in [-0.4, -0.2) is 42.8 Å². The molecule has 0 aliphatic rings. The van der Waals surface area contributed by atoms with Crippen LogP contribution >= 0.6 is 15.9 Å². The van der Waals surface area contributed by atoms with E-state index in [1.165, 1.54) is 5.56 Å². The Hall–Kier alpha value is -0.420. The van der Waals surface area contributed by atoms with Crippen molar-refractivity contribution in [3.05, 3.63) is 34.3 Å². The van der Waals surface area contributed by atoms with Gasteiger partial charge in [-0.05, 0) is 56.6 Å². The van der Waals surface area contributed by atoms with Crippen molar-refractivity contribution in [2.24, 2.45) is 0 Å². The molecule has 3 nitrogen and oxygen atoms in total. The second-order valence-corrected chi connectivity index (χ2v) is 6.28. The molecule has 1 aromatic rings. The molecule has 1 atom stereocenters. The summed E-state index contributed by atoms with van der Waals surface area (Å²) in [5, 5.41) is 12.6. The Morgan fingerprint density at radius 1 is 1.29 bits per heavy atom. The average Bonchev–Trinajstić information content (AvgIpc) is 2.50. The van der Waals surface area contributed by atoms with Gasteiger partial charge in [0.1, 0.15) is 0 Å². The summed E-state index contributed by atoms with van der Waals surface area (Å²) in [6.07, 6.45) is 3.10. The van der Waals surface area contributed by atoms with Crippen LogP contribution in [0.3, 0.4) is 0 Å². The second kappa shape index (κ2) is 11.2. The van der Waals surface area contributed by atoms with E-state index in [9.17, 15) is 0 Å². The van der Waals surface area contributed by atoms with Crippen LogP contribution in [0, 0.1) is 0 Å². The first-order chi connectivity index (χ1) is 10.2. The number of hydrogen-bond acceptors (Lipinski definition) is 3. The summed E-state index contributed by atoms with van der Waals surface area (Å²) in [4.78, 5) is 2.41. The fraction of sp³-hybridized carbons (Fsp3) is 0.647. The summed E-state index contributed by atoms with van der Waals surface area (Å²) in [7, 11) is 0. The van der Waals surface area contributed by atoms with Gasteiger partial charge in [-0.3, -0.25) is 0 Å². The molecule has 0 amide bonds. The highest BCUT2D eigenvalue weighted by atomic mass is 79.9. The molecule has 1 rings (SSSR count). The molecule has 1 aromatic carbocycles. The molecule has 0 heterocycles. The van der Waals surface area contributed by atoms with Crippen molar-refractivity contribution in [1.82, 2.24) is 10.2 Å². The number of hydrogen-bond donors (Lipinski definition) is 2. The van der Waals surface area contributed by atoms with Crippen molar-refractivity contribution in [1.29, 1.82) is 0 Å². The molecule has 0 bridgehead atoms. The van der Waals surface area contributed by atoms with E-state index < -0.39 is 0 Å². The third-order valence-corrected chi connectivity index (χ3v) is 4.20. The van der Waals surface area contributed by atoms with Gasteiger partial charge >= 0.3 is 0 Å². The molecule has 0 aliphatic heterocycles. The van der Waals surface area contributed by atoms with Crippen molar-refractivity contribution in [2.45, 2.75) is 39.2 Å². The molecule has 2 N–H and O–H groups in total. The lowest BCUT2D eigenvalue weighted by molar-refractivity contribution is 0.222. The molecule has 0 radical (unpaired) electrons. The highest BCUT2D eigenvalue weighted by Crippen LogP contribution is 2.21. The van der Waals surface area contributed by atoms with Gasteiger partial charge in [0.05, 0.1) is 0 Å². The largest absolute Gasteiger partial charge is 0.396 e. The van der Waals surface area contributed by atoms with Gasteiger partial charge in [-0.15, -0.1) is 0 Å². The van der Waals surface area contributed by atoms with Crippen molar-refractivity contribution in [3.8, 4) is 0 Å². The van der Waals surface area contributed by atoms with Gasteiger partial charge in [0.2, 0.25) is 0 Å². The normalized spacial score (nSPS) is 12.8. The number of halogens is 1. The van der Waals surface area contributed by atoms with E-state index in [2.05, 4.69) is 64.3 Å². The van der Waals surface area contributed by atoms with Gasteiger partial charge in [0, 0.05) is 23.7 Å². The predicted octanol–water partition coefficient (Wildman–Crippen LogP) is 3.58. The summed E-state index contributed by atoms with van der Waals surface area (Å²) in [5.41, 5.74) is 1.34. The summed E-state index contributed by atoms with van der Waals surface area (Å²) < 4.78 is 1.14. The lowest BCUT2D eigenvalue weighted by atomic mass is 10.0. The van der Waals surface area contributed by atoms with E-state index in [1.807, 2.05) is 0 Å². The van der Waals surface area contributed by atoms with E-state index in [-0.39, 0.29) is 6.61 Å². The van der Waals surface area contributed by atoms with Crippen LogP contribution in [0.15, 0.2) is 28.7 Å². The zero-order valence-corrected chi connectivity index (χ0v) is 14.9. The van der Waals surface area contributed by atoms with E-state index in [4.69, 9.17) is 5.11 Å². The molecular weight excluding hydrogens is 328 g/mol. The third-order valence-electron chi connectivity index (χ3n) is 3.71. The predicted molar refractivity (Wildman–Crippen MR) is 93.6 cm³/mol. The van der Waals surface area contributed by atoms with Crippen molar-refractivity contribution in [3.63, 3.8) is 0 Å². The van der Waals surface area contributed by atoms with E-state index in [0.717, 1.165) is 49.9 Å². The van der Waals surface area contributed by atoms with Crippen LogP contribution in [0.1, 0.15) is 44.7 Å². The van der Waals surface area contributed by atoms with Crippen LogP contribution in [0.2, 0.25) is 0 Å². The molecule has 0 saturated heterocycles. The average molecular weight is 357 g/mol. The molecule has 0 aliphatic carbocycles. The summed E-state index contributed by atoms with van der Waals surface area (Å²) >= 11 is 3.56. The minimum Gasteiger partial charge on any atom is -0.396 e. The maximum Gasteiger partial charge on any atom is 0.0443 e. The van der Waals surface area contributed by atoms with Gasteiger partial charge in [-0.2, -0.15) is 0 Å². The molecule has 21 heavy (non-hydrogen) atoms. The molecule has 0 saturated carbocycles. The van der Waals surface area contributed by atoms with Crippen LogP contribution in [0.25, 0.3) is 0 Å². The van der Waals surface area contributed by atoms with Gasteiger partial charge in [-0.1, -0.05) is 41.9 Å². The Labute approximate surface area is 137 Å². The first-order valence-corrected chi connectivity index (χ1v) is 8.82. The topological polar surface area (TPSA) is 35.5 Å². The molecule has 0 fully saturated rings. The number of nitrogens with one attached hydrogen (secondary N) is 1. The molecule has 120 valence electrons. The van der Waals surface area contributed by atoms with Crippen molar-refractivity contribution < 1.29 is 5.11 Å². The fourth-order valence-electron chi connectivity index (χ4n) is 2.46. The number of nitrogens with zero attached hydrogens (tertiary/aromatic N) is 1. The first-order valence-electron chi connectivity index (χ1n) is 8.03. The second-order valence-electron chi connectivity index (χ2n) is 5.36. The summed E-state index contributed by atoms with van der Waals surface area (Å²) in [5.74, 6) is 0. The lowest BCUT2D eigenvalue weighted by Gasteiger charge is -2.25. The Balaban J connectivity index is 2.60. The van der Waals surface area contributed by atoms with Gasteiger partial charge in [-0.25, -0.2) is 0 Å². The van der Waals surface area contributed by atoms with Crippen LogP contribution < -0.4 is 5.32 Å². The van der Waals surface area contributed by atoms with E-state index >= 15 is 0 Å². The third kappa shape index (κ3) is 7.41. The van der Waals surface area contributed by atoms with Crippen LogP contribution in [-0.2, 0) is 0 Å². The smallest absolute Gasteiger partial charge is 0.0443 e. The molecule has 0 aromatic heterocycles. The quantitative estimate of drug-likeness (QED) is 0.635. The molecule has 1 unspecified atom stereocenters. The lowest BCUT2D eigenvalue weighted by Crippen LogP contribution is -2.31. The number of aliphatic hydroxyl groups is 1. The molecular formula is C17H29BrN2O. The Kier molecular flexibility index (Phi) is 9.92. The number of benzene rings is 1. The van der Waals surface area contributed by atoms with Crippen LogP contribution in [0.5, 0.6) is 0 Å². The van der Waals surface area contributed by atoms with Gasteiger partial charge in [0.25, 0.3) is 0 Å². The highest BCUT2D eigenvalue weighted by Gasteiger charge is 2.12. The van der Waals surface area contributed by atoms with Crippen molar-refractivity contribution >= 4 is 15.9 Å². The fourth-order valence-corrected chi connectivity index (χ4v) is 2.88. The van der Waals surface area contributed by atoms with Crippen LogP contribution in [0.4, 0.5) is 0 Å². The van der Waals surface area contributed by atoms with Gasteiger partial charge < -0.3 is 15.3 Å². The molecule has 0 spiro atoms. The highest BCUT2D eigenvalue weighted by molar-refractivity contribution is 9.10. The Morgan fingerprint density at radius 2 is 2.10 bits per heavy atom. The SMILES string of the molecule is CCCNC(CCN(CC)CCCO)c1cccc(Br)c1. The molecule has 4 heteroatoms. The van der Waals surface area contributed by atoms with Crippen molar-refractivity contribution in [2.75, 3.05) is 32.8 Å². The monoisotopic (exact) mass is 356 g/mol. The maximum atomic E-state index is 8.97. The summed E-state index contributed by atoms with van der Waals surface area (Å²) in [6, 6.07) is 8.97. The standard InChI is InChI=1S/C17H29BrN2O/c1-3-10-19-17(15-7-5-8-16(18)14-15)9-12-20(4-2)11-6-13-21/h5,7-8,14,17,19,21H,3-4,6,9-13H2,1-2H3. The zero-order valence-electron chi connectivity index (χ0n) is 13.3. The maximum absolute atomic E-state index is 8.97. The minimum atomic E-state index is 0.277. The minimum absolute atomic E-state index is 0.277. The van der Waals surface area contributed by atoms with Gasteiger partial charge in [0.15, 0.2) is 0 Å². The zero-order chi connectivity index (χ0) is 15.5. The number of aliphatic hydroxyl groups excluding tert-OH is 1. The van der Waals surface area contributed by atoms with E-state index in [1.54, 1.807) is 0 Å². The number of rotatable bonds is 11.